The number of ether oxygens (including phenoxy) is 2. The Kier molecular flexibility index (Phi) is 12.5. The smallest absolute Gasteiger partial charge is 0.316 e. The molecule has 0 fully saturated rings. The number of benzene rings is 2. The van der Waals surface area contributed by atoms with Crippen LogP contribution in [0.1, 0.15) is 133 Å². The molecule has 0 aliphatic rings. The Bertz CT molecular complexity index is 1500. The first-order valence-corrected chi connectivity index (χ1v) is 17.8. The van der Waals surface area contributed by atoms with E-state index in [-0.39, 0.29) is 24.6 Å². The first-order valence-electron chi connectivity index (χ1n) is 17.8. The van der Waals surface area contributed by atoms with Crippen LogP contribution in [0.3, 0.4) is 0 Å². The van der Waals surface area contributed by atoms with Gasteiger partial charge in [-0.1, -0.05) is 83.1 Å². The summed E-state index contributed by atoms with van der Waals surface area (Å²) in [7, 11) is 2.52. The molecule has 2 aromatic rings. The first kappa shape index (κ1) is 44.1. The van der Waals surface area contributed by atoms with Crippen LogP contribution in [0.15, 0.2) is 24.3 Å². The molecule has 0 radical (unpaired) electrons. The summed E-state index contributed by atoms with van der Waals surface area (Å²) in [4.78, 5) is 58.6. The number of phenols is 2. The van der Waals surface area contributed by atoms with Gasteiger partial charge in [0.05, 0.1) is 25.0 Å². The zero-order valence-corrected chi connectivity index (χ0v) is 35.0. The molecule has 2 amide bonds. The number of hydrogen-bond donors (Lipinski definition) is 2. The summed E-state index contributed by atoms with van der Waals surface area (Å²) in [5.74, 6) is -2.93. The van der Waals surface area contributed by atoms with Crippen LogP contribution in [0.4, 0.5) is 11.4 Å². The second-order valence-corrected chi connectivity index (χ2v) is 19.3. The van der Waals surface area contributed by atoms with Crippen molar-refractivity contribution in [2.75, 3.05) is 37.1 Å². The molecule has 10 nitrogen and oxygen atoms in total. The third kappa shape index (κ3) is 9.66. The van der Waals surface area contributed by atoms with E-state index in [9.17, 15) is 29.4 Å². The van der Waals surface area contributed by atoms with Crippen LogP contribution in [-0.4, -0.2) is 61.3 Å². The predicted octanol–water partition coefficient (Wildman–Crippen LogP) is 8.05. The molecule has 2 aromatic carbocycles. The Hall–Kier alpha value is -4.08. The minimum atomic E-state index is -1.26. The second kappa shape index (κ2) is 14.7. The molecule has 290 valence electrons. The maximum Gasteiger partial charge on any atom is 0.316 e. The summed E-state index contributed by atoms with van der Waals surface area (Å²) in [5.41, 5.74) is -1.93. The van der Waals surface area contributed by atoms with E-state index in [4.69, 9.17) is 9.47 Å². The SMILES string of the molecule is COC(=O)C(C)(C)CN(C(=O)C(=O)N(CC(C)(C)C(=O)OC)c1cc(C(C)(C)C)c(O)c(C(C)(C)C)c1)c1cc(C(C)(C)C)c(O)c(C(C)(C)C)c1. The van der Waals surface area contributed by atoms with Gasteiger partial charge in [-0.3, -0.25) is 19.2 Å². The molecule has 0 unspecified atom stereocenters. The number of rotatable bonds is 8. The van der Waals surface area contributed by atoms with E-state index in [1.165, 1.54) is 24.0 Å². The molecule has 0 saturated carbocycles. The number of carbonyl (C=O) groups excluding carboxylic acids is 4. The van der Waals surface area contributed by atoms with Crippen molar-refractivity contribution in [2.24, 2.45) is 10.8 Å². The lowest BCUT2D eigenvalue weighted by molar-refractivity contribution is -0.151. The lowest BCUT2D eigenvalue weighted by atomic mass is 9.78. The number of anilines is 2. The molecule has 0 aliphatic heterocycles. The average Bonchev–Trinajstić information content (AvgIpc) is 2.99. The molecule has 10 heteroatoms. The number of carbonyl (C=O) groups is 4. The Labute approximate surface area is 311 Å². The van der Waals surface area contributed by atoms with E-state index in [0.717, 1.165) is 0 Å². The number of hydrogen-bond acceptors (Lipinski definition) is 8. The summed E-state index contributed by atoms with van der Waals surface area (Å²) in [5, 5.41) is 23.0. The summed E-state index contributed by atoms with van der Waals surface area (Å²) in [6, 6.07) is 6.73. The van der Waals surface area contributed by atoms with Gasteiger partial charge in [0.15, 0.2) is 0 Å². The highest BCUT2D eigenvalue weighted by atomic mass is 16.5. The third-order valence-electron chi connectivity index (χ3n) is 9.30. The van der Waals surface area contributed by atoms with E-state index in [1.54, 1.807) is 52.0 Å². The highest BCUT2D eigenvalue weighted by Crippen LogP contribution is 2.44. The molecule has 0 bridgehead atoms. The maximum absolute atomic E-state index is 15.0. The quantitative estimate of drug-likeness (QED) is 0.206. The Morgan fingerprint density at radius 1 is 0.481 bits per heavy atom. The van der Waals surface area contributed by atoms with Crippen molar-refractivity contribution >= 4 is 35.1 Å². The van der Waals surface area contributed by atoms with Crippen molar-refractivity contribution in [3.05, 3.63) is 46.5 Å². The van der Waals surface area contributed by atoms with Crippen molar-refractivity contribution in [3.63, 3.8) is 0 Å². The molecule has 0 spiro atoms. The highest BCUT2D eigenvalue weighted by Gasteiger charge is 2.42. The van der Waals surface area contributed by atoms with E-state index in [2.05, 4.69) is 0 Å². The molecular weight excluding hydrogens is 660 g/mol. The minimum Gasteiger partial charge on any atom is -0.507 e. The average molecular weight is 725 g/mol. The first-order chi connectivity index (χ1) is 23.2. The third-order valence-corrected chi connectivity index (χ3v) is 9.30. The molecule has 2 rings (SSSR count). The Balaban J connectivity index is 3.10. The van der Waals surface area contributed by atoms with Crippen molar-refractivity contribution in [3.8, 4) is 11.5 Å². The fraction of sp³-hybridized carbons (Fsp3) is 0.619. The monoisotopic (exact) mass is 724 g/mol. The van der Waals surface area contributed by atoms with Gasteiger partial charge in [0, 0.05) is 46.7 Å². The van der Waals surface area contributed by atoms with Crippen LogP contribution < -0.4 is 9.80 Å². The molecule has 0 heterocycles. The minimum absolute atomic E-state index is 0.0877. The van der Waals surface area contributed by atoms with Crippen LogP contribution in [0, 0.1) is 10.8 Å². The fourth-order valence-corrected chi connectivity index (χ4v) is 6.10. The summed E-state index contributed by atoms with van der Waals surface area (Å²) < 4.78 is 10.2. The van der Waals surface area contributed by atoms with Gasteiger partial charge in [-0.05, 0) is 73.6 Å². The number of esters is 2. The van der Waals surface area contributed by atoms with Crippen molar-refractivity contribution in [2.45, 2.75) is 132 Å². The van der Waals surface area contributed by atoms with Crippen LogP contribution in [0.5, 0.6) is 11.5 Å². The molecule has 0 aliphatic carbocycles. The fourth-order valence-electron chi connectivity index (χ4n) is 6.10. The molecule has 0 atom stereocenters. The molecule has 0 saturated heterocycles. The lowest BCUT2D eigenvalue weighted by Gasteiger charge is -2.37. The lowest BCUT2D eigenvalue weighted by Crippen LogP contribution is -2.52. The van der Waals surface area contributed by atoms with Crippen LogP contribution >= 0.6 is 0 Å². The molecule has 2 N–H and O–H groups in total. The summed E-state index contributed by atoms with van der Waals surface area (Å²) >= 11 is 0. The molecule has 52 heavy (non-hydrogen) atoms. The number of methoxy groups -OCH3 is 2. The van der Waals surface area contributed by atoms with Gasteiger partial charge >= 0.3 is 23.8 Å². The van der Waals surface area contributed by atoms with Gasteiger partial charge in [-0.15, -0.1) is 0 Å². The predicted molar refractivity (Wildman–Crippen MR) is 207 cm³/mol. The Morgan fingerprint density at radius 3 is 0.865 bits per heavy atom. The maximum atomic E-state index is 15.0. The second-order valence-electron chi connectivity index (χ2n) is 19.3. The van der Waals surface area contributed by atoms with E-state index in [1.807, 2.05) is 83.1 Å². The number of phenolic OH excluding ortho intramolecular Hbond substituents is 2. The number of aromatic hydroxyl groups is 2. The number of nitrogens with zero attached hydrogens (tertiary/aromatic N) is 2. The van der Waals surface area contributed by atoms with E-state index in [0.29, 0.717) is 33.6 Å². The van der Waals surface area contributed by atoms with Gasteiger partial charge in [0.2, 0.25) is 0 Å². The molecule has 0 aromatic heterocycles. The van der Waals surface area contributed by atoms with Gasteiger partial charge < -0.3 is 29.5 Å². The standard InChI is InChI=1S/C42H64N2O8/c1-37(2,3)27-19-25(20-28(31(27)45)38(4,5)6)43(23-41(13,14)35(49)51-17)33(47)34(48)44(24-42(15,16)36(50)52-18)26-21-29(39(7,8)9)32(46)30(22-26)40(10,11)12/h19-22,45-46H,23-24H2,1-18H3. The van der Waals surface area contributed by atoms with Gasteiger partial charge in [0.25, 0.3) is 0 Å². The number of amides is 2. The van der Waals surface area contributed by atoms with Crippen molar-refractivity contribution in [1.29, 1.82) is 0 Å². The van der Waals surface area contributed by atoms with Crippen molar-refractivity contribution < 1.29 is 38.9 Å². The zero-order valence-electron chi connectivity index (χ0n) is 35.0. The zero-order chi connectivity index (χ0) is 40.7. The van der Waals surface area contributed by atoms with Crippen LogP contribution in [-0.2, 0) is 50.3 Å². The topological polar surface area (TPSA) is 134 Å². The largest absolute Gasteiger partial charge is 0.507 e. The summed E-state index contributed by atoms with van der Waals surface area (Å²) in [6.07, 6.45) is 0. The van der Waals surface area contributed by atoms with Crippen molar-refractivity contribution in [1.82, 2.24) is 0 Å². The molecular formula is C42H64N2O8. The van der Waals surface area contributed by atoms with Crippen LogP contribution in [0.2, 0.25) is 0 Å². The van der Waals surface area contributed by atoms with Gasteiger partial charge in [-0.25, -0.2) is 0 Å². The van der Waals surface area contributed by atoms with Crippen LogP contribution in [0.25, 0.3) is 0 Å². The van der Waals surface area contributed by atoms with E-state index < -0.39 is 56.2 Å². The highest BCUT2D eigenvalue weighted by molar-refractivity contribution is 6.45. The normalized spacial score (nSPS) is 13.0. The Morgan fingerprint density at radius 2 is 0.692 bits per heavy atom. The summed E-state index contributed by atoms with van der Waals surface area (Å²) in [6.45, 7) is 29.3. The van der Waals surface area contributed by atoms with Gasteiger partial charge in [-0.2, -0.15) is 0 Å². The van der Waals surface area contributed by atoms with Gasteiger partial charge in [0.1, 0.15) is 11.5 Å². The van der Waals surface area contributed by atoms with E-state index >= 15 is 0 Å².